The van der Waals surface area contributed by atoms with Crippen LogP contribution in [0, 0.1) is 0 Å². The van der Waals surface area contributed by atoms with Gasteiger partial charge in [0.25, 0.3) is 6.29 Å². The first kappa shape index (κ1) is 17.0. The first-order valence-corrected chi connectivity index (χ1v) is 9.30. The van der Waals surface area contributed by atoms with Crippen molar-refractivity contribution in [3.63, 3.8) is 0 Å². The van der Waals surface area contributed by atoms with Crippen molar-refractivity contribution in [2.45, 2.75) is 32.2 Å². The highest BCUT2D eigenvalue weighted by molar-refractivity contribution is 5.15. The summed E-state index contributed by atoms with van der Waals surface area (Å²) >= 11 is 0. The van der Waals surface area contributed by atoms with Gasteiger partial charge in [0.15, 0.2) is 0 Å². The monoisotopic (exact) mass is 349 g/mol. The van der Waals surface area contributed by atoms with Gasteiger partial charge in [-0.15, -0.1) is 0 Å². The molecular formula is C22H25N2O2+. The molecule has 0 bridgehead atoms. The summed E-state index contributed by atoms with van der Waals surface area (Å²) in [5.41, 5.74) is 2.66. The predicted octanol–water partition coefficient (Wildman–Crippen LogP) is 3.50. The zero-order valence-corrected chi connectivity index (χ0v) is 15.0. The van der Waals surface area contributed by atoms with Crippen molar-refractivity contribution in [3.05, 3.63) is 90.0 Å². The second kappa shape index (κ2) is 8.30. The van der Waals surface area contributed by atoms with Crippen LogP contribution in [0.3, 0.4) is 0 Å². The van der Waals surface area contributed by atoms with E-state index in [1.807, 2.05) is 6.07 Å². The predicted molar refractivity (Wildman–Crippen MR) is 99.6 cm³/mol. The maximum Gasteiger partial charge on any atom is 0.314 e. The summed E-state index contributed by atoms with van der Waals surface area (Å²) in [6.07, 6.45) is 6.17. The zero-order valence-electron chi connectivity index (χ0n) is 15.0. The average Bonchev–Trinajstić information content (AvgIpc) is 3.33. The van der Waals surface area contributed by atoms with E-state index in [0.717, 1.165) is 31.8 Å². The van der Waals surface area contributed by atoms with Gasteiger partial charge in [0, 0.05) is 0 Å². The summed E-state index contributed by atoms with van der Waals surface area (Å²) in [4.78, 5) is 0. The Kier molecular flexibility index (Phi) is 5.43. The number of hydrogen-bond acceptors (Lipinski definition) is 2. The van der Waals surface area contributed by atoms with Crippen molar-refractivity contribution in [3.8, 4) is 0 Å². The molecule has 4 rings (SSSR count). The fourth-order valence-corrected chi connectivity index (χ4v) is 3.46. The fourth-order valence-electron chi connectivity index (χ4n) is 3.46. The Balaban J connectivity index is 1.50. The quantitative estimate of drug-likeness (QED) is 0.611. The number of aromatic nitrogens is 2. The Morgan fingerprint density at radius 2 is 1.54 bits per heavy atom. The van der Waals surface area contributed by atoms with Crippen LogP contribution in [0.25, 0.3) is 0 Å². The molecule has 134 valence electrons. The molecule has 1 aromatic heterocycles. The molecule has 3 aromatic rings. The van der Waals surface area contributed by atoms with Crippen molar-refractivity contribution in [2.24, 2.45) is 0 Å². The minimum atomic E-state index is -0.273. The molecule has 1 aliphatic rings. The standard InChI is InChI=1S/C22H25N2O2/c1-3-8-19(9-4-1)12-7-13-23-14-15-24(18-20-10-5-2-6-11-20)21(23)22-25-16-17-26-22/h1-6,8-11,14-15,22H,7,12-13,16-18H2/q+1. The van der Waals surface area contributed by atoms with Crippen LogP contribution in [0.15, 0.2) is 73.1 Å². The van der Waals surface area contributed by atoms with Gasteiger partial charge in [0.2, 0.25) is 0 Å². The fraction of sp³-hybridized carbons (Fsp3) is 0.318. The lowest BCUT2D eigenvalue weighted by Crippen LogP contribution is -2.39. The average molecular weight is 349 g/mol. The lowest BCUT2D eigenvalue weighted by atomic mass is 10.1. The van der Waals surface area contributed by atoms with Crippen molar-refractivity contribution < 1.29 is 14.0 Å². The molecule has 26 heavy (non-hydrogen) atoms. The maximum atomic E-state index is 5.82. The third kappa shape index (κ3) is 4.03. The minimum absolute atomic E-state index is 0.273. The van der Waals surface area contributed by atoms with Crippen LogP contribution < -0.4 is 4.57 Å². The second-order valence-electron chi connectivity index (χ2n) is 6.63. The largest absolute Gasteiger partial charge is 0.340 e. The van der Waals surface area contributed by atoms with Gasteiger partial charge in [0.1, 0.15) is 18.9 Å². The molecule has 0 atom stereocenters. The highest BCUT2D eigenvalue weighted by Crippen LogP contribution is 2.21. The molecule has 0 spiro atoms. The summed E-state index contributed by atoms with van der Waals surface area (Å²) in [5.74, 6) is 1.10. The van der Waals surface area contributed by atoms with Gasteiger partial charge < -0.3 is 9.47 Å². The summed E-state index contributed by atoms with van der Waals surface area (Å²) < 4.78 is 16.2. The van der Waals surface area contributed by atoms with Crippen LogP contribution in [-0.2, 0) is 29.0 Å². The lowest BCUT2D eigenvalue weighted by molar-refractivity contribution is -0.701. The molecule has 0 aliphatic carbocycles. The van der Waals surface area contributed by atoms with Gasteiger partial charge in [-0.2, -0.15) is 0 Å². The Morgan fingerprint density at radius 1 is 0.885 bits per heavy atom. The molecule has 1 aliphatic heterocycles. The van der Waals surface area contributed by atoms with Crippen LogP contribution in [0.2, 0.25) is 0 Å². The van der Waals surface area contributed by atoms with Crippen LogP contribution in [-0.4, -0.2) is 17.8 Å². The van der Waals surface area contributed by atoms with Gasteiger partial charge in [-0.3, -0.25) is 0 Å². The van der Waals surface area contributed by atoms with E-state index in [1.54, 1.807) is 0 Å². The summed E-state index contributed by atoms with van der Waals surface area (Å²) in [6.45, 7) is 3.09. The van der Waals surface area contributed by atoms with Gasteiger partial charge >= 0.3 is 5.82 Å². The van der Waals surface area contributed by atoms with Crippen molar-refractivity contribution >= 4 is 0 Å². The maximum absolute atomic E-state index is 5.82. The second-order valence-corrected chi connectivity index (χ2v) is 6.63. The first-order chi connectivity index (χ1) is 12.9. The SMILES string of the molecule is c1ccc(CCCn2cc[n+](Cc3ccccc3)c2C2OCCO2)cc1. The molecule has 0 radical (unpaired) electrons. The number of rotatable bonds is 7. The Hall–Kier alpha value is -2.43. The van der Waals surface area contributed by atoms with E-state index >= 15 is 0 Å². The van der Waals surface area contributed by atoms with E-state index in [4.69, 9.17) is 9.47 Å². The summed E-state index contributed by atoms with van der Waals surface area (Å²) in [7, 11) is 0. The van der Waals surface area contributed by atoms with Gasteiger partial charge in [-0.05, 0) is 24.0 Å². The molecule has 0 N–H and O–H groups in total. The molecular weight excluding hydrogens is 324 g/mol. The molecule has 2 heterocycles. The van der Waals surface area contributed by atoms with Crippen molar-refractivity contribution in [1.82, 2.24) is 4.57 Å². The molecule has 1 fully saturated rings. The van der Waals surface area contributed by atoms with E-state index < -0.39 is 0 Å². The third-order valence-electron chi connectivity index (χ3n) is 4.75. The molecule has 2 aromatic carbocycles. The number of ether oxygens (including phenoxy) is 2. The van der Waals surface area contributed by atoms with E-state index in [2.05, 4.69) is 76.1 Å². The van der Waals surface area contributed by atoms with E-state index in [1.165, 1.54) is 11.1 Å². The molecule has 0 amide bonds. The Morgan fingerprint density at radius 3 is 2.23 bits per heavy atom. The van der Waals surface area contributed by atoms with Gasteiger partial charge in [-0.1, -0.05) is 60.7 Å². The number of hydrogen-bond donors (Lipinski definition) is 0. The minimum Gasteiger partial charge on any atom is -0.340 e. The number of benzene rings is 2. The zero-order chi connectivity index (χ0) is 17.6. The Labute approximate surface area is 154 Å². The third-order valence-corrected chi connectivity index (χ3v) is 4.75. The topological polar surface area (TPSA) is 27.3 Å². The first-order valence-electron chi connectivity index (χ1n) is 9.30. The molecule has 4 nitrogen and oxygen atoms in total. The van der Waals surface area contributed by atoms with E-state index in [0.29, 0.717) is 13.2 Å². The van der Waals surface area contributed by atoms with Crippen LogP contribution in [0.1, 0.15) is 29.7 Å². The molecule has 1 saturated heterocycles. The number of nitrogens with zero attached hydrogens (tertiary/aromatic N) is 2. The molecule has 0 saturated carbocycles. The van der Waals surface area contributed by atoms with Crippen LogP contribution in [0.5, 0.6) is 0 Å². The van der Waals surface area contributed by atoms with E-state index in [9.17, 15) is 0 Å². The summed E-state index contributed by atoms with van der Waals surface area (Å²) in [5, 5.41) is 0. The lowest BCUT2D eigenvalue weighted by Gasteiger charge is -2.10. The smallest absolute Gasteiger partial charge is 0.314 e. The molecule has 0 unspecified atom stereocenters. The number of imidazole rings is 1. The van der Waals surface area contributed by atoms with E-state index in [-0.39, 0.29) is 6.29 Å². The highest BCUT2D eigenvalue weighted by atomic mass is 16.7. The Bertz CT molecular complexity index is 809. The van der Waals surface area contributed by atoms with Crippen molar-refractivity contribution in [2.75, 3.05) is 13.2 Å². The molecule has 4 heteroatoms. The van der Waals surface area contributed by atoms with Crippen LogP contribution in [0.4, 0.5) is 0 Å². The number of aryl methyl sites for hydroxylation is 2. The van der Waals surface area contributed by atoms with Crippen LogP contribution >= 0.6 is 0 Å². The van der Waals surface area contributed by atoms with Gasteiger partial charge in [0.05, 0.1) is 19.8 Å². The van der Waals surface area contributed by atoms with Crippen molar-refractivity contribution in [1.29, 1.82) is 0 Å². The van der Waals surface area contributed by atoms with Gasteiger partial charge in [-0.25, -0.2) is 9.13 Å². The summed E-state index contributed by atoms with van der Waals surface area (Å²) in [6, 6.07) is 21.2. The normalized spacial score (nSPS) is 14.8. The highest BCUT2D eigenvalue weighted by Gasteiger charge is 2.31.